The number of hydrogen-bond acceptors (Lipinski definition) is 0. The van der Waals surface area contributed by atoms with Gasteiger partial charge in [-0.25, -0.2) is 0 Å². The quantitative estimate of drug-likeness (QED) is 0.677. The first-order chi connectivity index (χ1) is 8.88. The summed E-state index contributed by atoms with van der Waals surface area (Å²) in [6.07, 6.45) is -4.13. The number of alkyl halides is 3. The molecule has 0 aliphatic heterocycles. The van der Waals surface area contributed by atoms with E-state index in [-0.39, 0.29) is 5.02 Å². The van der Waals surface area contributed by atoms with Gasteiger partial charge in [-0.1, -0.05) is 47.5 Å². The molecule has 100 valence electrons. The van der Waals surface area contributed by atoms with Crippen molar-refractivity contribution in [1.29, 1.82) is 0 Å². The highest BCUT2D eigenvalue weighted by Crippen LogP contribution is 2.36. The molecule has 0 N–H and O–H groups in total. The van der Waals surface area contributed by atoms with Crippen LogP contribution in [0.25, 0.3) is 0 Å². The highest BCUT2D eigenvalue weighted by Gasteiger charge is 2.33. The van der Waals surface area contributed by atoms with Crippen LogP contribution in [0.15, 0.2) is 42.5 Å². The van der Waals surface area contributed by atoms with Crippen LogP contribution in [-0.4, -0.2) is 0 Å². The summed E-state index contributed by atoms with van der Waals surface area (Å²) in [5.41, 5.74) is 0.432. The van der Waals surface area contributed by atoms with Crippen LogP contribution in [0.1, 0.15) is 16.7 Å². The smallest absolute Gasteiger partial charge is 0.166 e. The van der Waals surface area contributed by atoms with Crippen molar-refractivity contribution in [1.82, 2.24) is 0 Å². The Hall–Kier alpha value is -1.19. The van der Waals surface area contributed by atoms with Gasteiger partial charge >= 0.3 is 6.18 Å². The predicted octanol–water partition coefficient (Wildman–Crippen LogP) is 5.60. The molecule has 5 heteroatoms. The lowest BCUT2D eigenvalue weighted by Gasteiger charge is -2.12. The Morgan fingerprint density at radius 2 is 1.63 bits per heavy atom. The topological polar surface area (TPSA) is 0 Å². The summed E-state index contributed by atoms with van der Waals surface area (Å²) in [6, 6.07) is 10.9. The molecule has 0 bridgehead atoms. The number of benzene rings is 2. The van der Waals surface area contributed by atoms with Crippen molar-refractivity contribution in [2.24, 2.45) is 0 Å². The fourth-order valence-electron chi connectivity index (χ4n) is 1.80. The van der Waals surface area contributed by atoms with Gasteiger partial charge in [-0.3, -0.25) is 0 Å². The van der Waals surface area contributed by atoms with Gasteiger partial charge in [-0.15, -0.1) is 0 Å². The van der Waals surface area contributed by atoms with Crippen molar-refractivity contribution < 1.29 is 13.2 Å². The van der Waals surface area contributed by atoms with Crippen LogP contribution in [0.3, 0.4) is 0 Å². The lowest BCUT2D eigenvalue weighted by atomic mass is 10.0. The zero-order valence-corrected chi connectivity index (χ0v) is 11.2. The highest BCUT2D eigenvalue weighted by molar-refractivity contribution is 6.32. The van der Waals surface area contributed by atoms with E-state index in [2.05, 4.69) is 0 Å². The molecule has 0 saturated heterocycles. The maximum absolute atomic E-state index is 12.7. The molecule has 0 nitrogen and oxygen atoms in total. The van der Waals surface area contributed by atoms with Crippen LogP contribution < -0.4 is 0 Å². The van der Waals surface area contributed by atoms with Crippen LogP contribution in [0.5, 0.6) is 0 Å². The van der Waals surface area contributed by atoms with Crippen molar-refractivity contribution in [2.75, 3.05) is 0 Å². The summed E-state index contributed by atoms with van der Waals surface area (Å²) in [7, 11) is 0. The molecule has 0 radical (unpaired) electrons. The maximum atomic E-state index is 12.7. The molecule has 0 heterocycles. The van der Waals surface area contributed by atoms with E-state index in [1.807, 2.05) is 0 Å². The normalized spacial score (nSPS) is 11.6. The number of rotatable bonds is 2. The van der Waals surface area contributed by atoms with Gasteiger partial charge in [-0.05, 0) is 35.7 Å². The Balaban J connectivity index is 2.36. The predicted molar refractivity (Wildman–Crippen MR) is 70.7 cm³/mol. The second kappa shape index (κ2) is 5.43. The Labute approximate surface area is 118 Å². The van der Waals surface area contributed by atoms with E-state index in [4.69, 9.17) is 23.2 Å². The number of halogens is 5. The van der Waals surface area contributed by atoms with Crippen LogP contribution in [0.2, 0.25) is 10.0 Å². The second-order valence-corrected chi connectivity index (χ2v) is 4.90. The van der Waals surface area contributed by atoms with E-state index in [9.17, 15) is 13.2 Å². The third kappa shape index (κ3) is 3.43. The van der Waals surface area contributed by atoms with Crippen molar-refractivity contribution in [2.45, 2.75) is 12.6 Å². The molecule has 0 aliphatic rings. The summed E-state index contributed by atoms with van der Waals surface area (Å²) < 4.78 is 38.2. The summed E-state index contributed by atoms with van der Waals surface area (Å²) in [6.45, 7) is 0. The maximum Gasteiger partial charge on any atom is 0.417 e. The lowest BCUT2D eigenvalue weighted by Crippen LogP contribution is -2.07. The second-order valence-electron chi connectivity index (χ2n) is 4.08. The molecule has 2 rings (SSSR count). The minimum absolute atomic E-state index is 0.255. The minimum atomic E-state index is -4.44. The summed E-state index contributed by atoms with van der Waals surface area (Å²) >= 11 is 11.7. The van der Waals surface area contributed by atoms with E-state index in [1.165, 1.54) is 6.07 Å². The fraction of sp³-hybridized carbons (Fsp3) is 0.143. The Bertz CT molecular complexity index is 591. The molecule has 2 aromatic carbocycles. The van der Waals surface area contributed by atoms with Crippen LogP contribution >= 0.6 is 23.2 Å². The van der Waals surface area contributed by atoms with Gasteiger partial charge in [-0.2, -0.15) is 13.2 Å². The molecular weight excluding hydrogens is 296 g/mol. The van der Waals surface area contributed by atoms with E-state index >= 15 is 0 Å². The third-order valence-electron chi connectivity index (χ3n) is 2.67. The SMILES string of the molecule is FC(F)(F)c1cccc(Cc2cccc(Cl)c2)c1Cl. The van der Waals surface area contributed by atoms with Crippen LogP contribution in [0, 0.1) is 0 Å². The monoisotopic (exact) mass is 304 g/mol. The molecule has 19 heavy (non-hydrogen) atoms. The Morgan fingerprint density at radius 3 is 2.26 bits per heavy atom. The molecule has 2 aromatic rings. The Kier molecular flexibility index (Phi) is 4.07. The molecule has 0 atom stereocenters. The molecular formula is C14H9Cl2F3. The van der Waals surface area contributed by atoms with Crippen molar-refractivity contribution >= 4 is 23.2 Å². The average Bonchev–Trinajstić information content (AvgIpc) is 2.30. The first-order valence-electron chi connectivity index (χ1n) is 5.47. The van der Waals surface area contributed by atoms with Crippen LogP contribution in [-0.2, 0) is 12.6 Å². The van der Waals surface area contributed by atoms with Gasteiger partial charge in [0.05, 0.1) is 10.6 Å². The molecule has 0 aromatic heterocycles. The van der Waals surface area contributed by atoms with Crippen molar-refractivity contribution in [3.05, 3.63) is 69.2 Å². The molecule has 0 unspecified atom stereocenters. The largest absolute Gasteiger partial charge is 0.417 e. The first-order valence-corrected chi connectivity index (χ1v) is 6.22. The molecule has 0 saturated carbocycles. The van der Waals surface area contributed by atoms with Gasteiger partial charge in [0, 0.05) is 5.02 Å². The van der Waals surface area contributed by atoms with Gasteiger partial charge < -0.3 is 0 Å². The standard InChI is InChI=1S/C14H9Cl2F3/c15-11-5-1-3-9(8-11)7-10-4-2-6-12(13(10)16)14(17,18)19/h1-6,8H,7H2. The average molecular weight is 305 g/mol. The minimum Gasteiger partial charge on any atom is -0.166 e. The van der Waals surface area contributed by atoms with Crippen LogP contribution in [0.4, 0.5) is 13.2 Å². The summed E-state index contributed by atoms with van der Waals surface area (Å²) in [5, 5.41) is 0.288. The van der Waals surface area contributed by atoms with Gasteiger partial charge in [0.2, 0.25) is 0 Å². The van der Waals surface area contributed by atoms with Crippen molar-refractivity contribution in [3.63, 3.8) is 0 Å². The fourth-order valence-corrected chi connectivity index (χ4v) is 2.31. The number of hydrogen-bond donors (Lipinski definition) is 0. The van der Waals surface area contributed by atoms with E-state index in [0.717, 1.165) is 11.6 Å². The lowest BCUT2D eigenvalue weighted by molar-refractivity contribution is -0.137. The zero-order valence-electron chi connectivity index (χ0n) is 9.64. The Morgan fingerprint density at radius 1 is 0.947 bits per heavy atom. The summed E-state index contributed by atoms with van der Waals surface area (Å²) in [4.78, 5) is 0. The zero-order chi connectivity index (χ0) is 14.0. The molecule has 0 amide bonds. The highest BCUT2D eigenvalue weighted by atomic mass is 35.5. The van der Waals surface area contributed by atoms with Gasteiger partial charge in [0.25, 0.3) is 0 Å². The van der Waals surface area contributed by atoms with Crippen molar-refractivity contribution in [3.8, 4) is 0 Å². The molecule has 0 spiro atoms. The summed E-state index contributed by atoms with van der Waals surface area (Å²) in [5.74, 6) is 0. The van der Waals surface area contributed by atoms with E-state index in [1.54, 1.807) is 30.3 Å². The van der Waals surface area contributed by atoms with Gasteiger partial charge in [0.15, 0.2) is 0 Å². The molecule has 0 aliphatic carbocycles. The van der Waals surface area contributed by atoms with E-state index in [0.29, 0.717) is 17.0 Å². The third-order valence-corrected chi connectivity index (χ3v) is 3.35. The molecule has 0 fully saturated rings. The van der Waals surface area contributed by atoms with E-state index < -0.39 is 11.7 Å². The van der Waals surface area contributed by atoms with Gasteiger partial charge in [0.1, 0.15) is 0 Å². The first kappa shape index (κ1) is 14.2.